The number of nitrogens with one attached hydrogen (secondary N) is 2. The van der Waals surface area contributed by atoms with Gasteiger partial charge in [-0.15, -0.1) is 0 Å². The van der Waals surface area contributed by atoms with Crippen LogP contribution in [-0.2, 0) is 9.53 Å². The van der Waals surface area contributed by atoms with Crippen LogP contribution in [0.2, 0.25) is 0 Å². The van der Waals surface area contributed by atoms with Crippen molar-refractivity contribution in [3.63, 3.8) is 0 Å². The SMILES string of the molecule is COCCCNC(=O)[C@H]1CCC[C@@H](C)N1. The van der Waals surface area contributed by atoms with Gasteiger partial charge in [-0.05, 0) is 32.6 Å². The molecule has 0 spiro atoms. The van der Waals surface area contributed by atoms with E-state index in [-0.39, 0.29) is 11.9 Å². The molecule has 0 saturated carbocycles. The second-order valence-electron chi connectivity index (χ2n) is 4.19. The number of rotatable bonds is 5. The fourth-order valence-corrected chi connectivity index (χ4v) is 1.90. The van der Waals surface area contributed by atoms with Crippen LogP contribution in [0.3, 0.4) is 0 Å². The first-order valence-electron chi connectivity index (χ1n) is 5.76. The van der Waals surface area contributed by atoms with E-state index in [9.17, 15) is 4.79 Å². The summed E-state index contributed by atoms with van der Waals surface area (Å²) in [6.45, 7) is 3.54. The van der Waals surface area contributed by atoms with Gasteiger partial charge in [-0.25, -0.2) is 0 Å². The average Bonchev–Trinajstić information content (AvgIpc) is 2.24. The van der Waals surface area contributed by atoms with Gasteiger partial charge in [-0.2, -0.15) is 0 Å². The van der Waals surface area contributed by atoms with E-state index in [1.165, 1.54) is 6.42 Å². The van der Waals surface area contributed by atoms with Crippen molar-refractivity contribution in [2.45, 2.75) is 44.7 Å². The van der Waals surface area contributed by atoms with Crippen molar-refractivity contribution < 1.29 is 9.53 Å². The van der Waals surface area contributed by atoms with Crippen molar-refractivity contribution in [1.29, 1.82) is 0 Å². The molecule has 4 heteroatoms. The lowest BCUT2D eigenvalue weighted by atomic mass is 9.99. The molecule has 0 aromatic rings. The maximum Gasteiger partial charge on any atom is 0.237 e. The molecule has 1 fully saturated rings. The monoisotopic (exact) mass is 214 g/mol. The van der Waals surface area contributed by atoms with Crippen LogP contribution in [0.1, 0.15) is 32.6 Å². The van der Waals surface area contributed by atoms with E-state index < -0.39 is 0 Å². The Hall–Kier alpha value is -0.610. The van der Waals surface area contributed by atoms with Gasteiger partial charge in [0.25, 0.3) is 0 Å². The molecule has 1 aliphatic heterocycles. The molecule has 0 unspecified atom stereocenters. The molecular formula is C11H22N2O2. The predicted octanol–water partition coefficient (Wildman–Crippen LogP) is 0.670. The summed E-state index contributed by atoms with van der Waals surface area (Å²) in [5, 5.41) is 6.24. The second kappa shape index (κ2) is 6.80. The largest absolute Gasteiger partial charge is 0.385 e. The van der Waals surface area contributed by atoms with Gasteiger partial charge in [0.05, 0.1) is 6.04 Å². The highest BCUT2D eigenvalue weighted by atomic mass is 16.5. The van der Waals surface area contributed by atoms with Gasteiger partial charge in [0.2, 0.25) is 5.91 Å². The van der Waals surface area contributed by atoms with Crippen LogP contribution in [-0.4, -0.2) is 38.3 Å². The predicted molar refractivity (Wildman–Crippen MR) is 59.7 cm³/mol. The summed E-state index contributed by atoms with van der Waals surface area (Å²) in [6, 6.07) is 0.477. The Labute approximate surface area is 91.8 Å². The molecule has 0 aromatic carbocycles. The minimum atomic E-state index is 0.0105. The summed E-state index contributed by atoms with van der Waals surface area (Å²) in [6.07, 6.45) is 4.16. The van der Waals surface area contributed by atoms with Crippen molar-refractivity contribution in [3.05, 3.63) is 0 Å². The van der Waals surface area contributed by atoms with Gasteiger partial charge in [-0.1, -0.05) is 0 Å². The van der Waals surface area contributed by atoms with E-state index in [1.807, 2.05) is 0 Å². The Balaban J connectivity index is 2.15. The molecule has 1 rings (SSSR count). The van der Waals surface area contributed by atoms with Gasteiger partial charge < -0.3 is 15.4 Å². The highest BCUT2D eigenvalue weighted by Crippen LogP contribution is 2.12. The van der Waals surface area contributed by atoms with Gasteiger partial charge in [0.1, 0.15) is 0 Å². The zero-order valence-corrected chi connectivity index (χ0v) is 9.71. The van der Waals surface area contributed by atoms with E-state index in [0.717, 1.165) is 19.3 Å². The second-order valence-corrected chi connectivity index (χ2v) is 4.19. The van der Waals surface area contributed by atoms with E-state index in [4.69, 9.17) is 4.74 Å². The normalized spacial score (nSPS) is 26.3. The minimum Gasteiger partial charge on any atom is -0.385 e. The van der Waals surface area contributed by atoms with Gasteiger partial charge >= 0.3 is 0 Å². The van der Waals surface area contributed by atoms with Crippen LogP contribution >= 0.6 is 0 Å². The third kappa shape index (κ3) is 4.62. The molecule has 0 bridgehead atoms. The third-order valence-electron chi connectivity index (χ3n) is 2.76. The molecule has 1 amide bonds. The fourth-order valence-electron chi connectivity index (χ4n) is 1.90. The number of methoxy groups -OCH3 is 1. The van der Waals surface area contributed by atoms with Crippen LogP contribution < -0.4 is 10.6 Å². The molecule has 1 heterocycles. The van der Waals surface area contributed by atoms with Gasteiger partial charge in [0, 0.05) is 26.3 Å². The maximum atomic E-state index is 11.7. The number of amides is 1. The van der Waals surface area contributed by atoms with Crippen molar-refractivity contribution in [3.8, 4) is 0 Å². The molecule has 0 aliphatic carbocycles. The number of carbonyl (C=O) groups excluding carboxylic acids is 1. The maximum absolute atomic E-state index is 11.7. The fraction of sp³-hybridized carbons (Fsp3) is 0.909. The van der Waals surface area contributed by atoms with Crippen LogP contribution in [0.25, 0.3) is 0 Å². The number of ether oxygens (including phenoxy) is 1. The summed E-state index contributed by atoms with van der Waals surface area (Å²) in [4.78, 5) is 11.7. The summed E-state index contributed by atoms with van der Waals surface area (Å²) in [5.74, 6) is 0.137. The highest BCUT2D eigenvalue weighted by Gasteiger charge is 2.23. The zero-order chi connectivity index (χ0) is 11.1. The number of carbonyl (C=O) groups is 1. The summed E-state index contributed by atoms with van der Waals surface area (Å²) in [7, 11) is 1.67. The Morgan fingerprint density at radius 1 is 1.53 bits per heavy atom. The molecule has 0 radical (unpaired) electrons. The molecule has 4 nitrogen and oxygen atoms in total. The quantitative estimate of drug-likeness (QED) is 0.661. The number of hydrogen-bond acceptors (Lipinski definition) is 3. The van der Waals surface area contributed by atoms with Gasteiger partial charge in [0.15, 0.2) is 0 Å². The molecule has 2 N–H and O–H groups in total. The van der Waals surface area contributed by atoms with Crippen LogP contribution in [0, 0.1) is 0 Å². The van der Waals surface area contributed by atoms with Crippen molar-refractivity contribution in [1.82, 2.24) is 10.6 Å². The molecular weight excluding hydrogens is 192 g/mol. The summed E-state index contributed by atoms with van der Waals surface area (Å²) in [5.41, 5.74) is 0. The zero-order valence-electron chi connectivity index (χ0n) is 9.71. The summed E-state index contributed by atoms with van der Waals surface area (Å²) < 4.78 is 4.92. The topological polar surface area (TPSA) is 50.4 Å². The molecule has 2 atom stereocenters. The number of hydrogen-bond donors (Lipinski definition) is 2. The lowest BCUT2D eigenvalue weighted by Gasteiger charge is -2.27. The first kappa shape index (κ1) is 12.5. The first-order valence-corrected chi connectivity index (χ1v) is 5.76. The van der Waals surface area contributed by atoms with Crippen LogP contribution in [0.15, 0.2) is 0 Å². The minimum absolute atomic E-state index is 0.0105. The molecule has 1 saturated heterocycles. The third-order valence-corrected chi connectivity index (χ3v) is 2.76. The Morgan fingerprint density at radius 3 is 3.00 bits per heavy atom. The van der Waals surface area contributed by atoms with Crippen LogP contribution in [0.4, 0.5) is 0 Å². The lowest BCUT2D eigenvalue weighted by Crippen LogP contribution is -2.50. The van der Waals surface area contributed by atoms with E-state index in [0.29, 0.717) is 19.2 Å². The molecule has 1 aliphatic rings. The molecule has 88 valence electrons. The Kier molecular flexibility index (Phi) is 5.65. The summed E-state index contributed by atoms with van der Waals surface area (Å²) >= 11 is 0. The number of piperidine rings is 1. The molecule has 0 aromatic heterocycles. The van der Waals surface area contributed by atoms with Crippen molar-refractivity contribution in [2.75, 3.05) is 20.3 Å². The van der Waals surface area contributed by atoms with Crippen LogP contribution in [0.5, 0.6) is 0 Å². The first-order chi connectivity index (χ1) is 7.24. The van der Waals surface area contributed by atoms with E-state index >= 15 is 0 Å². The highest BCUT2D eigenvalue weighted by molar-refractivity contribution is 5.81. The standard InChI is InChI=1S/C11H22N2O2/c1-9-5-3-6-10(13-9)11(14)12-7-4-8-15-2/h9-10,13H,3-8H2,1-2H3,(H,12,14)/t9-,10-/m1/s1. The van der Waals surface area contributed by atoms with Crippen molar-refractivity contribution in [2.24, 2.45) is 0 Å². The Bertz CT molecular complexity index is 197. The smallest absolute Gasteiger partial charge is 0.237 e. The molecule has 15 heavy (non-hydrogen) atoms. The lowest BCUT2D eigenvalue weighted by molar-refractivity contribution is -0.124. The van der Waals surface area contributed by atoms with E-state index in [1.54, 1.807) is 7.11 Å². The Morgan fingerprint density at radius 2 is 2.33 bits per heavy atom. The average molecular weight is 214 g/mol. The van der Waals surface area contributed by atoms with E-state index in [2.05, 4.69) is 17.6 Å². The van der Waals surface area contributed by atoms with Gasteiger partial charge in [-0.3, -0.25) is 4.79 Å². The van der Waals surface area contributed by atoms with Crippen molar-refractivity contribution >= 4 is 5.91 Å².